The molecule has 0 aliphatic heterocycles. The topological polar surface area (TPSA) is 21.3 Å². The van der Waals surface area contributed by atoms with Crippen molar-refractivity contribution < 1.29 is 4.74 Å². The van der Waals surface area contributed by atoms with E-state index < -0.39 is 0 Å². The minimum absolute atomic E-state index is 0.0710. The maximum atomic E-state index is 6.09. The van der Waals surface area contributed by atoms with Crippen molar-refractivity contribution in [2.24, 2.45) is 0 Å². The van der Waals surface area contributed by atoms with Crippen molar-refractivity contribution in [3.8, 4) is 0 Å². The second-order valence-electron chi connectivity index (χ2n) is 4.85. The summed E-state index contributed by atoms with van der Waals surface area (Å²) < 4.78 is 6.09. The summed E-state index contributed by atoms with van der Waals surface area (Å²) in [6.45, 7) is 9.22. The van der Waals surface area contributed by atoms with Crippen molar-refractivity contribution in [1.29, 1.82) is 0 Å². The van der Waals surface area contributed by atoms with E-state index in [1.54, 1.807) is 0 Å². The van der Waals surface area contributed by atoms with Gasteiger partial charge in [0.2, 0.25) is 0 Å². The molecule has 1 unspecified atom stereocenters. The van der Waals surface area contributed by atoms with Crippen LogP contribution in [-0.2, 0) is 4.74 Å². The predicted octanol–water partition coefficient (Wildman–Crippen LogP) is 3.28. The molecule has 0 aromatic rings. The zero-order chi connectivity index (χ0) is 12.0. The van der Waals surface area contributed by atoms with Crippen molar-refractivity contribution in [3.05, 3.63) is 12.2 Å². The van der Waals surface area contributed by atoms with Crippen LogP contribution in [0, 0.1) is 0 Å². The van der Waals surface area contributed by atoms with Crippen LogP contribution in [-0.4, -0.2) is 25.3 Å². The molecular formula is C14H27NO. The van der Waals surface area contributed by atoms with Crippen molar-refractivity contribution in [2.45, 2.75) is 64.0 Å². The van der Waals surface area contributed by atoms with Gasteiger partial charge in [-0.3, -0.25) is 0 Å². The third kappa shape index (κ3) is 3.08. The van der Waals surface area contributed by atoms with Gasteiger partial charge in [-0.15, -0.1) is 0 Å². The van der Waals surface area contributed by atoms with E-state index in [-0.39, 0.29) is 5.60 Å². The van der Waals surface area contributed by atoms with E-state index in [1.165, 1.54) is 31.3 Å². The number of ether oxygens (including phenoxy) is 1. The molecule has 2 heteroatoms. The zero-order valence-electron chi connectivity index (χ0n) is 11.1. The molecule has 0 amide bonds. The monoisotopic (exact) mass is 225 g/mol. The van der Waals surface area contributed by atoms with Gasteiger partial charge < -0.3 is 10.1 Å². The summed E-state index contributed by atoms with van der Waals surface area (Å²) >= 11 is 0. The van der Waals surface area contributed by atoms with E-state index in [0.717, 1.165) is 19.4 Å². The number of likely N-dealkylation sites (N-methyl/N-ethyl adjacent to an activating group) is 1. The fourth-order valence-corrected chi connectivity index (χ4v) is 2.84. The van der Waals surface area contributed by atoms with E-state index in [9.17, 15) is 0 Å². The first kappa shape index (κ1) is 13.7. The molecule has 1 aliphatic rings. The summed E-state index contributed by atoms with van der Waals surface area (Å²) in [5, 5.41) is 3.45. The summed E-state index contributed by atoms with van der Waals surface area (Å²) in [5.41, 5.74) is 1.40. The maximum absolute atomic E-state index is 6.09. The Balaban J connectivity index is 2.69. The Morgan fingerprint density at radius 1 is 1.38 bits per heavy atom. The smallest absolute Gasteiger partial charge is 0.0837 e. The number of rotatable bonds is 7. The highest BCUT2D eigenvalue weighted by molar-refractivity contribution is 5.05. The van der Waals surface area contributed by atoms with Gasteiger partial charge in [0.15, 0.2) is 0 Å². The molecule has 0 saturated heterocycles. The molecule has 0 bridgehead atoms. The lowest BCUT2D eigenvalue weighted by molar-refractivity contribution is -0.0597. The van der Waals surface area contributed by atoms with E-state index in [1.807, 2.05) is 7.05 Å². The van der Waals surface area contributed by atoms with E-state index in [2.05, 4.69) is 25.7 Å². The lowest BCUT2D eigenvalue weighted by atomic mass is 9.87. The number of hydrogen-bond donors (Lipinski definition) is 1. The Bertz CT molecular complexity index is 219. The first-order valence-electron chi connectivity index (χ1n) is 6.66. The van der Waals surface area contributed by atoms with Gasteiger partial charge in [-0.05, 0) is 39.7 Å². The van der Waals surface area contributed by atoms with Gasteiger partial charge in [-0.1, -0.05) is 31.9 Å². The highest BCUT2D eigenvalue weighted by Gasteiger charge is 2.41. The highest BCUT2D eigenvalue weighted by atomic mass is 16.5. The zero-order valence-corrected chi connectivity index (χ0v) is 11.1. The largest absolute Gasteiger partial charge is 0.374 e. The van der Waals surface area contributed by atoms with Gasteiger partial charge in [0.05, 0.1) is 5.60 Å². The molecular weight excluding hydrogens is 198 g/mol. The first-order chi connectivity index (χ1) is 7.68. The minimum Gasteiger partial charge on any atom is -0.374 e. The van der Waals surface area contributed by atoms with Gasteiger partial charge >= 0.3 is 0 Å². The summed E-state index contributed by atoms with van der Waals surface area (Å²) in [6.07, 6.45) is 7.12. The fraction of sp³-hybridized carbons (Fsp3) is 0.857. The second kappa shape index (κ2) is 6.41. The van der Waals surface area contributed by atoms with Crippen LogP contribution in [0.5, 0.6) is 0 Å². The highest BCUT2D eigenvalue weighted by Crippen LogP contribution is 2.38. The van der Waals surface area contributed by atoms with Crippen molar-refractivity contribution in [3.63, 3.8) is 0 Å². The molecule has 0 aromatic heterocycles. The Morgan fingerprint density at radius 3 is 2.44 bits per heavy atom. The van der Waals surface area contributed by atoms with E-state index in [4.69, 9.17) is 4.74 Å². The average molecular weight is 225 g/mol. The molecule has 1 rings (SSSR count). The van der Waals surface area contributed by atoms with Crippen LogP contribution in [0.15, 0.2) is 12.2 Å². The number of hydrogen-bond acceptors (Lipinski definition) is 2. The summed E-state index contributed by atoms with van der Waals surface area (Å²) in [5.74, 6) is 0. The van der Waals surface area contributed by atoms with Crippen LogP contribution >= 0.6 is 0 Å². The molecule has 1 atom stereocenters. The Kier molecular flexibility index (Phi) is 5.50. The molecule has 2 nitrogen and oxygen atoms in total. The van der Waals surface area contributed by atoms with Crippen LogP contribution in [0.4, 0.5) is 0 Å². The second-order valence-corrected chi connectivity index (χ2v) is 4.85. The van der Waals surface area contributed by atoms with Crippen LogP contribution < -0.4 is 5.32 Å². The average Bonchev–Trinajstić information content (AvgIpc) is 2.75. The van der Waals surface area contributed by atoms with Crippen molar-refractivity contribution in [2.75, 3.05) is 13.7 Å². The Labute approximate surface area is 100 Å². The summed E-state index contributed by atoms with van der Waals surface area (Å²) in [6, 6.07) is 0.433. The van der Waals surface area contributed by atoms with Crippen molar-refractivity contribution in [1.82, 2.24) is 5.32 Å². The lowest BCUT2D eigenvalue weighted by Crippen LogP contribution is -2.50. The first-order valence-corrected chi connectivity index (χ1v) is 6.66. The minimum atomic E-state index is 0.0710. The standard InChI is InChI=1S/C14H27NO/c1-5-12(3)11-13(15-4)14(16-6-2)9-7-8-10-14/h13,15H,3,5-11H2,1-2,4H3. The molecule has 1 aliphatic carbocycles. The van der Waals surface area contributed by atoms with Gasteiger partial charge in [-0.2, -0.15) is 0 Å². The van der Waals surface area contributed by atoms with Crippen molar-refractivity contribution >= 4 is 0 Å². The van der Waals surface area contributed by atoms with Gasteiger partial charge in [0.1, 0.15) is 0 Å². The third-order valence-electron chi connectivity index (χ3n) is 3.86. The normalized spacial score (nSPS) is 20.9. The van der Waals surface area contributed by atoms with Gasteiger partial charge in [-0.25, -0.2) is 0 Å². The van der Waals surface area contributed by atoms with Crippen LogP contribution in [0.3, 0.4) is 0 Å². The fourth-order valence-electron chi connectivity index (χ4n) is 2.84. The number of nitrogens with one attached hydrogen (secondary N) is 1. The molecule has 94 valence electrons. The maximum Gasteiger partial charge on any atom is 0.0837 e. The lowest BCUT2D eigenvalue weighted by Gasteiger charge is -2.37. The summed E-state index contributed by atoms with van der Waals surface area (Å²) in [7, 11) is 2.05. The Hall–Kier alpha value is -0.340. The SMILES string of the molecule is C=C(CC)CC(NC)C1(OCC)CCCC1. The molecule has 0 spiro atoms. The van der Waals surface area contributed by atoms with Crippen LogP contribution in [0.25, 0.3) is 0 Å². The quantitative estimate of drug-likeness (QED) is 0.671. The van der Waals surface area contributed by atoms with Crippen LogP contribution in [0.1, 0.15) is 52.4 Å². The van der Waals surface area contributed by atoms with Crippen LogP contribution in [0.2, 0.25) is 0 Å². The Morgan fingerprint density at radius 2 is 2.00 bits per heavy atom. The van der Waals surface area contributed by atoms with Gasteiger partial charge in [0, 0.05) is 12.6 Å². The van der Waals surface area contributed by atoms with Gasteiger partial charge in [0.25, 0.3) is 0 Å². The molecule has 1 saturated carbocycles. The van der Waals surface area contributed by atoms with E-state index in [0.29, 0.717) is 6.04 Å². The molecule has 1 fully saturated rings. The predicted molar refractivity (Wildman–Crippen MR) is 69.7 cm³/mol. The molecule has 0 heterocycles. The van der Waals surface area contributed by atoms with E-state index >= 15 is 0 Å². The molecule has 1 N–H and O–H groups in total. The molecule has 0 radical (unpaired) electrons. The molecule has 0 aromatic carbocycles. The third-order valence-corrected chi connectivity index (χ3v) is 3.86. The summed E-state index contributed by atoms with van der Waals surface area (Å²) in [4.78, 5) is 0. The molecule has 16 heavy (non-hydrogen) atoms.